The fraction of sp³-hybridized carbons (Fsp3) is 0.615. The highest BCUT2D eigenvalue weighted by molar-refractivity contribution is 8.00. The van der Waals surface area contributed by atoms with Crippen molar-refractivity contribution in [2.75, 3.05) is 12.4 Å². The minimum Gasteiger partial charge on any atom is -0.477 e. The first-order valence-corrected chi connectivity index (χ1v) is 7.70. The summed E-state index contributed by atoms with van der Waals surface area (Å²) in [5.74, 6) is -1.69. The van der Waals surface area contributed by atoms with E-state index in [-0.39, 0.29) is 23.6 Å². The number of thioether (sulfide) groups is 1. The van der Waals surface area contributed by atoms with Crippen LogP contribution in [0.25, 0.3) is 0 Å². The van der Waals surface area contributed by atoms with Gasteiger partial charge in [-0.2, -0.15) is 0 Å². The summed E-state index contributed by atoms with van der Waals surface area (Å²) in [5, 5.41) is 9.01. The molecule has 0 spiro atoms. The fourth-order valence-corrected chi connectivity index (χ4v) is 4.10. The van der Waals surface area contributed by atoms with Gasteiger partial charge in [-0.15, -0.1) is 11.8 Å². The van der Waals surface area contributed by atoms with Gasteiger partial charge in [0.1, 0.15) is 23.2 Å². The summed E-state index contributed by atoms with van der Waals surface area (Å²) < 4.78 is 4.86. The van der Waals surface area contributed by atoms with Crippen molar-refractivity contribution in [2.24, 2.45) is 5.73 Å². The molecule has 0 aromatic rings. The fourth-order valence-electron chi connectivity index (χ4n) is 2.66. The number of nitrogens with two attached hydrogens (primary N) is 1. The Hall–Kier alpha value is -1.54. The predicted molar refractivity (Wildman–Crippen MR) is 76.2 cm³/mol. The van der Waals surface area contributed by atoms with E-state index in [0.717, 1.165) is 6.42 Å². The van der Waals surface area contributed by atoms with E-state index in [4.69, 9.17) is 10.5 Å². The molecular formula is C13H18N2O5S. The lowest BCUT2D eigenvalue weighted by molar-refractivity contribution is -0.155. The maximum absolute atomic E-state index is 12.3. The van der Waals surface area contributed by atoms with Gasteiger partial charge in [-0.05, 0) is 6.42 Å². The molecule has 21 heavy (non-hydrogen) atoms. The van der Waals surface area contributed by atoms with Crippen LogP contribution in [0, 0.1) is 0 Å². The Morgan fingerprint density at radius 3 is 2.76 bits per heavy atom. The minimum atomic E-state index is -1.20. The molecule has 2 aliphatic heterocycles. The SMILES string of the molecule is CCC[C@]1(N)C(=O)N2C(C(=O)O)=C(COC(C)=O)CS[C@@H]21. The highest BCUT2D eigenvalue weighted by Gasteiger charge is 2.61. The van der Waals surface area contributed by atoms with Crippen molar-refractivity contribution in [3.8, 4) is 0 Å². The van der Waals surface area contributed by atoms with Gasteiger partial charge < -0.3 is 15.6 Å². The topological polar surface area (TPSA) is 110 Å². The molecule has 7 nitrogen and oxygen atoms in total. The Morgan fingerprint density at radius 2 is 2.24 bits per heavy atom. The second kappa shape index (κ2) is 5.69. The third kappa shape index (κ3) is 2.53. The monoisotopic (exact) mass is 314 g/mol. The standard InChI is InChI=1S/C13H18N2O5S/c1-3-4-13(14)11(19)15-9(10(17)18)8(5-20-7(2)16)6-21-12(13)15/h12H,3-6,14H2,1-2H3,(H,17,18)/t12-,13+/m1/s1. The van der Waals surface area contributed by atoms with Crippen LogP contribution in [0.4, 0.5) is 0 Å². The van der Waals surface area contributed by atoms with Crippen molar-refractivity contribution in [1.82, 2.24) is 4.90 Å². The summed E-state index contributed by atoms with van der Waals surface area (Å²) >= 11 is 1.41. The average Bonchev–Trinajstić information content (AvgIpc) is 2.43. The molecule has 0 bridgehead atoms. The molecule has 0 aliphatic carbocycles. The van der Waals surface area contributed by atoms with E-state index in [0.29, 0.717) is 17.7 Å². The number of nitrogens with zero attached hydrogens (tertiary/aromatic N) is 1. The number of carbonyl (C=O) groups excluding carboxylic acids is 2. The number of hydrogen-bond donors (Lipinski definition) is 2. The zero-order valence-corrected chi connectivity index (χ0v) is 12.7. The van der Waals surface area contributed by atoms with Gasteiger partial charge in [0.25, 0.3) is 5.91 Å². The molecule has 2 rings (SSSR count). The minimum absolute atomic E-state index is 0.0952. The normalized spacial score (nSPS) is 28.0. The molecule has 1 amide bonds. The van der Waals surface area contributed by atoms with Crippen molar-refractivity contribution < 1.29 is 24.2 Å². The third-order valence-corrected chi connectivity index (χ3v) is 5.06. The maximum atomic E-state index is 12.3. The van der Waals surface area contributed by atoms with Crippen LogP contribution >= 0.6 is 11.8 Å². The number of β-lactam (4-membered cyclic amide) rings is 1. The largest absolute Gasteiger partial charge is 0.477 e. The highest BCUT2D eigenvalue weighted by Crippen LogP contribution is 2.46. The molecule has 0 aromatic carbocycles. The number of fused-ring (bicyclic) bond motifs is 1. The molecule has 0 radical (unpaired) electrons. The summed E-state index contributed by atoms with van der Waals surface area (Å²) in [7, 11) is 0. The maximum Gasteiger partial charge on any atom is 0.352 e. The van der Waals surface area contributed by atoms with Gasteiger partial charge in [-0.3, -0.25) is 14.5 Å². The first-order valence-electron chi connectivity index (χ1n) is 6.65. The third-order valence-electron chi connectivity index (χ3n) is 3.60. The zero-order chi connectivity index (χ0) is 15.8. The second-order valence-electron chi connectivity index (χ2n) is 5.17. The number of hydrogen-bond acceptors (Lipinski definition) is 6. The lowest BCUT2D eigenvalue weighted by Crippen LogP contribution is -2.77. The first-order chi connectivity index (χ1) is 9.82. The lowest BCUT2D eigenvalue weighted by Gasteiger charge is -2.55. The van der Waals surface area contributed by atoms with Crippen LogP contribution in [0.5, 0.6) is 0 Å². The zero-order valence-electron chi connectivity index (χ0n) is 11.9. The molecule has 2 atom stereocenters. The molecule has 116 valence electrons. The van der Waals surface area contributed by atoms with Gasteiger partial charge in [0.2, 0.25) is 0 Å². The molecule has 3 N–H and O–H groups in total. The van der Waals surface area contributed by atoms with Crippen molar-refractivity contribution in [3.63, 3.8) is 0 Å². The summed E-state index contributed by atoms with van der Waals surface area (Å²) in [6.07, 6.45) is 1.27. The number of amides is 1. The summed E-state index contributed by atoms with van der Waals surface area (Å²) in [5.41, 5.74) is 5.46. The quantitative estimate of drug-likeness (QED) is 0.554. The van der Waals surface area contributed by atoms with Crippen LogP contribution in [0.15, 0.2) is 11.3 Å². The smallest absolute Gasteiger partial charge is 0.352 e. The predicted octanol–water partition coefficient (Wildman–Crippen LogP) is 0.301. The van der Waals surface area contributed by atoms with Gasteiger partial charge in [-0.1, -0.05) is 13.3 Å². The molecule has 0 aromatic heterocycles. The summed E-state index contributed by atoms with van der Waals surface area (Å²) in [4.78, 5) is 35.9. The van der Waals surface area contributed by atoms with Gasteiger partial charge in [0.15, 0.2) is 0 Å². The van der Waals surface area contributed by atoms with E-state index in [1.54, 1.807) is 0 Å². The highest BCUT2D eigenvalue weighted by atomic mass is 32.2. The van der Waals surface area contributed by atoms with E-state index in [1.807, 2.05) is 6.92 Å². The summed E-state index contributed by atoms with van der Waals surface area (Å²) in [6.45, 7) is 3.06. The molecule has 2 heterocycles. The van der Waals surface area contributed by atoms with Gasteiger partial charge in [0.05, 0.1) is 0 Å². The summed E-state index contributed by atoms with van der Waals surface area (Å²) in [6, 6.07) is 0. The second-order valence-corrected chi connectivity index (χ2v) is 6.23. The molecule has 0 saturated carbocycles. The number of ether oxygens (including phenoxy) is 1. The van der Waals surface area contributed by atoms with Crippen LogP contribution in [0.2, 0.25) is 0 Å². The van der Waals surface area contributed by atoms with Crippen molar-refractivity contribution >= 4 is 29.6 Å². The van der Waals surface area contributed by atoms with Crippen LogP contribution in [0.3, 0.4) is 0 Å². The molecule has 2 aliphatic rings. The number of esters is 1. The van der Waals surface area contributed by atoms with E-state index in [9.17, 15) is 19.5 Å². The Morgan fingerprint density at radius 1 is 1.57 bits per heavy atom. The van der Waals surface area contributed by atoms with Crippen LogP contribution in [0.1, 0.15) is 26.7 Å². The molecule has 1 saturated heterocycles. The number of carbonyl (C=O) groups is 3. The number of carboxylic acid groups (broad SMARTS) is 1. The molecule has 0 unspecified atom stereocenters. The van der Waals surface area contributed by atoms with E-state index < -0.39 is 17.5 Å². The van der Waals surface area contributed by atoms with E-state index in [2.05, 4.69) is 0 Å². The van der Waals surface area contributed by atoms with E-state index >= 15 is 0 Å². The van der Waals surface area contributed by atoms with Crippen molar-refractivity contribution in [2.45, 2.75) is 37.6 Å². The Kier molecular flexibility index (Phi) is 4.29. The van der Waals surface area contributed by atoms with Crippen LogP contribution in [-0.4, -0.2) is 51.1 Å². The molecule has 8 heteroatoms. The number of carboxylic acids is 1. The average molecular weight is 314 g/mol. The molecular weight excluding hydrogens is 296 g/mol. The van der Waals surface area contributed by atoms with Gasteiger partial charge in [-0.25, -0.2) is 4.79 Å². The van der Waals surface area contributed by atoms with Crippen molar-refractivity contribution in [3.05, 3.63) is 11.3 Å². The Labute approximate surface area is 126 Å². The van der Waals surface area contributed by atoms with Gasteiger partial charge in [0, 0.05) is 18.2 Å². The Balaban J connectivity index is 2.28. The van der Waals surface area contributed by atoms with Crippen LogP contribution < -0.4 is 5.73 Å². The van der Waals surface area contributed by atoms with Crippen molar-refractivity contribution in [1.29, 1.82) is 0 Å². The Bertz CT molecular complexity index is 533. The van der Waals surface area contributed by atoms with E-state index in [1.165, 1.54) is 23.6 Å². The molecule has 1 fully saturated rings. The van der Waals surface area contributed by atoms with Gasteiger partial charge >= 0.3 is 11.9 Å². The number of aliphatic carboxylic acids is 1. The van der Waals surface area contributed by atoms with Crippen LogP contribution in [-0.2, 0) is 19.1 Å². The number of rotatable bonds is 5. The lowest BCUT2D eigenvalue weighted by atomic mass is 9.83. The first kappa shape index (κ1) is 15.8.